The van der Waals surface area contributed by atoms with Crippen LogP contribution in [0.1, 0.15) is 24.2 Å². The highest BCUT2D eigenvalue weighted by atomic mass is 16.5. The van der Waals surface area contributed by atoms with Gasteiger partial charge in [-0.2, -0.15) is 0 Å². The van der Waals surface area contributed by atoms with E-state index in [4.69, 9.17) is 4.74 Å². The molecule has 1 atom stereocenters. The Morgan fingerprint density at radius 3 is 2.21 bits per heavy atom. The largest absolute Gasteiger partial charge is 0.457 e. The van der Waals surface area contributed by atoms with Gasteiger partial charge in [0.05, 0.1) is 23.0 Å². The average Bonchev–Trinajstić information content (AvgIpc) is 2.73. The first kappa shape index (κ1) is 18.7. The van der Waals surface area contributed by atoms with E-state index in [2.05, 4.69) is 0 Å². The number of ether oxygens (including phenoxy) is 1. The van der Waals surface area contributed by atoms with E-state index in [1.165, 1.54) is 0 Å². The van der Waals surface area contributed by atoms with E-state index in [9.17, 15) is 9.59 Å². The van der Waals surface area contributed by atoms with Crippen LogP contribution in [0, 0.1) is 0 Å². The molecule has 0 spiro atoms. The van der Waals surface area contributed by atoms with Crippen LogP contribution in [0.15, 0.2) is 78.9 Å². The van der Waals surface area contributed by atoms with Crippen molar-refractivity contribution in [2.24, 2.45) is 0 Å². The van der Waals surface area contributed by atoms with Gasteiger partial charge in [-0.3, -0.25) is 9.59 Å². The zero-order valence-corrected chi connectivity index (χ0v) is 16.4. The van der Waals surface area contributed by atoms with E-state index in [-0.39, 0.29) is 17.9 Å². The number of fused-ring (bicyclic) bond motifs is 1. The highest BCUT2D eigenvalue weighted by Crippen LogP contribution is 2.37. The molecular formula is C24H22N2O3. The second kappa shape index (κ2) is 7.80. The van der Waals surface area contributed by atoms with Crippen molar-refractivity contribution < 1.29 is 14.3 Å². The highest BCUT2D eigenvalue weighted by molar-refractivity contribution is 6.11. The van der Waals surface area contributed by atoms with Gasteiger partial charge >= 0.3 is 0 Å². The number of rotatable bonds is 3. The predicted molar refractivity (Wildman–Crippen MR) is 114 cm³/mol. The molecule has 2 amide bonds. The number of carbonyl (C=O) groups is 2. The normalized spacial score (nSPS) is 15.6. The summed E-state index contributed by atoms with van der Waals surface area (Å²) in [5.74, 6) is 0.981. The van der Waals surface area contributed by atoms with Crippen LogP contribution in [0.25, 0.3) is 0 Å². The Kier molecular flexibility index (Phi) is 5.04. The van der Waals surface area contributed by atoms with Gasteiger partial charge in [0.15, 0.2) is 0 Å². The summed E-state index contributed by atoms with van der Waals surface area (Å²) in [7, 11) is 0. The summed E-state index contributed by atoms with van der Waals surface area (Å²) >= 11 is 0. The minimum absolute atomic E-state index is 0.0372. The number of para-hydroxylation sites is 4. The maximum absolute atomic E-state index is 13.5. The lowest BCUT2D eigenvalue weighted by Gasteiger charge is -2.40. The van der Waals surface area contributed by atoms with Gasteiger partial charge in [-0.05, 0) is 43.3 Å². The number of carbonyl (C=O) groups excluding carboxylic acids is 2. The summed E-state index contributed by atoms with van der Waals surface area (Å²) < 4.78 is 5.98. The lowest BCUT2D eigenvalue weighted by atomic mass is 10.1. The van der Waals surface area contributed by atoms with Crippen molar-refractivity contribution in [2.75, 3.05) is 16.3 Å². The number of benzene rings is 3. The first-order chi connectivity index (χ1) is 14.1. The molecule has 3 aromatic carbocycles. The fourth-order valence-electron chi connectivity index (χ4n) is 3.74. The van der Waals surface area contributed by atoms with Crippen molar-refractivity contribution in [1.82, 2.24) is 0 Å². The van der Waals surface area contributed by atoms with Crippen molar-refractivity contribution in [3.05, 3.63) is 84.4 Å². The molecule has 0 saturated heterocycles. The van der Waals surface area contributed by atoms with Gasteiger partial charge in [-0.1, -0.05) is 42.5 Å². The minimum atomic E-state index is -0.154. The molecule has 5 heteroatoms. The van der Waals surface area contributed by atoms with Gasteiger partial charge in [0.2, 0.25) is 5.91 Å². The summed E-state index contributed by atoms with van der Waals surface area (Å²) in [6.07, 6.45) is 0. The molecule has 4 rings (SSSR count). The first-order valence-corrected chi connectivity index (χ1v) is 9.59. The van der Waals surface area contributed by atoms with E-state index in [1.807, 2.05) is 73.7 Å². The van der Waals surface area contributed by atoms with Gasteiger partial charge < -0.3 is 14.5 Å². The molecule has 5 nitrogen and oxygen atoms in total. The molecule has 1 unspecified atom stereocenters. The summed E-state index contributed by atoms with van der Waals surface area (Å²) in [5.41, 5.74) is 1.95. The molecule has 0 radical (unpaired) electrons. The van der Waals surface area contributed by atoms with Crippen LogP contribution in [-0.4, -0.2) is 24.4 Å². The van der Waals surface area contributed by atoms with Gasteiger partial charge in [-0.25, -0.2) is 0 Å². The maximum Gasteiger partial charge on any atom is 0.262 e. The molecule has 0 bridgehead atoms. The molecule has 1 heterocycles. The minimum Gasteiger partial charge on any atom is -0.457 e. The van der Waals surface area contributed by atoms with Gasteiger partial charge in [0.1, 0.15) is 11.5 Å². The van der Waals surface area contributed by atoms with Crippen LogP contribution >= 0.6 is 0 Å². The summed E-state index contributed by atoms with van der Waals surface area (Å²) in [5, 5.41) is 0. The standard InChI is InChI=1S/C24H22N2O3/c1-17-16-25(21-13-7-8-14-22(21)26(17)18(2)27)24(28)20-12-6-9-15-23(20)29-19-10-4-3-5-11-19/h3-15,17H,16H2,1-2H3. The van der Waals surface area contributed by atoms with Crippen molar-refractivity contribution in [2.45, 2.75) is 19.9 Å². The molecule has 0 aromatic heterocycles. The number of nitrogens with zero attached hydrogens (tertiary/aromatic N) is 2. The fraction of sp³-hybridized carbons (Fsp3) is 0.167. The predicted octanol–water partition coefficient (Wildman–Crippen LogP) is 4.88. The topological polar surface area (TPSA) is 49.9 Å². The van der Waals surface area contributed by atoms with E-state index in [0.717, 1.165) is 11.4 Å². The molecule has 0 aliphatic carbocycles. The maximum atomic E-state index is 13.5. The van der Waals surface area contributed by atoms with Crippen molar-refractivity contribution in [3.63, 3.8) is 0 Å². The summed E-state index contributed by atoms with van der Waals surface area (Å²) in [6.45, 7) is 3.91. The Bertz CT molecular complexity index is 1050. The lowest BCUT2D eigenvalue weighted by Crippen LogP contribution is -2.51. The quantitative estimate of drug-likeness (QED) is 0.645. The molecule has 1 aliphatic rings. The first-order valence-electron chi connectivity index (χ1n) is 9.59. The Morgan fingerprint density at radius 2 is 1.48 bits per heavy atom. The SMILES string of the molecule is CC(=O)N1c2ccccc2N(C(=O)c2ccccc2Oc2ccccc2)CC1C. The second-order valence-corrected chi connectivity index (χ2v) is 7.05. The van der Waals surface area contributed by atoms with Crippen LogP contribution < -0.4 is 14.5 Å². The Morgan fingerprint density at radius 1 is 0.862 bits per heavy atom. The average molecular weight is 386 g/mol. The van der Waals surface area contributed by atoms with Crippen LogP contribution in [0.5, 0.6) is 11.5 Å². The lowest BCUT2D eigenvalue weighted by molar-refractivity contribution is -0.117. The second-order valence-electron chi connectivity index (χ2n) is 7.05. The fourth-order valence-corrected chi connectivity index (χ4v) is 3.74. The third-order valence-electron chi connectivity index (χ3n) is 4.99. The highest BCUT2D eigenvalue weighted by Gasteiger charge is 2.34. The molecule has 0 saturated carbocycles. The number of anilines is 2. The van der Waals surface area contributed by atoms with Crippen LogP contribution in [0.3, 0.4) is 0 Å². The van der Waals surface area contributed by atoms with Gasteiger partial charge in [0, 0.05) is 13.5 Å². The zero-order valence-electron chi connectivity index (χ0n) is 16.4. The molecule has 0 N–H and O–H groups in total. The molecule has 1 aliphatic heterocycles. The van der Waals surface area contributed by atoms with Gasteiger partial charge in [0.25, 0.3) is 5.91 Å². The van der Waals surface area contributed by atoms with Gasteiger partial charge in [-0.15, -0.1) is 0 Å². The Balaban J connectivity index is 1.72. The molecule has 29 heavy (non-hydrogen) atoms. The Hall–Kier alpha value is -3.60. The Labute approximate surface area is 170 Å². The van der Waals surface area contributed by atoms with Crippen molar-refractivity contribution >= 4 is 23.2 Å². The zero-order chi connectivity index (χ0) is 20.4. The van der Waals surface area contributed by atoms with Crippen LogP contribution in [-0.2, 0) is 4.79 Å². The molecular weight excluding hydrogens is 364 g/mol. The van der Waals surface area contributed by atoms with E-state index < -0.39 is 0 Å². The number of amides is 2. The van der Waals surface area contributed by atoms with Crippen LogP contribution in [0.4, 0.5) is 11.4 Å². The number of hydrogen-bond acceptors (Lipinski definition) is 3. The smallest absolute Gasteiger partial charge is 0.262 e. The van der Waals surface area contributed by atoms with Crippen molar-refractivity contribution in [1.29, 1.82) is 0 Å². The molecule has 0 fully saturated rings. The van der Waals surface area contributed by atoms with Crippen LogP contribution in [0.2, 0.25) is 0 Å². The molecule has 146 valence electrons. The van der Waals surface area contributed by atoms with E-state index >= 15 is 0 Å². The number of hydrogen-bond donors (Lipinski definition) is 0. The summed E-state index contributed by atoms with van der Waals surface area (Å²) in [6, 6.07) is 24.0. The third kappa shape index (κ3) is 3.59. The van der Waals surface area contributed by atoms with Crippen molar-refractivity contribution in [3.8, 4) is 11.5 Å². The molecule has 3 aromatic rings. The summed E-state index contributed by atoms with van der Waals surface area (Å²) in [4.78, 5) is 29.2. The third-order valence-corrected chi connectivity index (χ3v) is 4.99. The van der Waals surface area contributed by atoms with E-state index in [1.54, 1.807) is 28.9 Å². The van der Waals surface area contributed by atoms with E-state index in [0.29, 0.717) is 23.6 Å². The monoisotopic (exact) mass is 386 g/mol.